The van der Waals surface area contributed by atoms with Crippen molar-refractivity contribution in [3.05, 3.63) is 71.1 Å². The summed E-state index contributed by atoms with van der Waals surface area (Å²) in [6.07, 6.45) is 3.22. The lowest BCUT2D eigenvalue weighted by atomic mass is 10.2. The van der Waals surface area contributed by atoms with Crippen LogP contribution in [0.5, 0.6) is 5.75 Å². The van der Waals surface area contributed by atoms with Gasteiger partial charge in [0.1, 0.15) is 5.75 Å². The summed E-state index contributed by atoms with van der Waals surface area (Å²) in [5, 5.41) is 4.61. The van der Waals surface area contributed by atoms with Gasteiger partial charge in [-0.15, -0.1) is 0 Å². The Morgan fingerprint density at radius 3 is 2.56 bits per heavy atom. The highest BCUT2D eigenvalue weighted by Gasteiger charge is 2.13. The smallest absolute Gasteiger partial charge is 0.246 e. The first-order valence-corrected chi connectivity index (χ1v) is 8.58. The van der Waals surface area contributed by atoms with Crippen molar-refractivity contribution in [3.8, 4) is 17.1 Å². The van der Waals surface area contributed by atoms with Gasteiger partial charge < -0.3 is 14.2 Å². The number of rotatable bonds is 6. The molecule has 1 amide bonds. The monoisotopic (exact) mass is 383 g/mol. The molecule has 0 aliphatic heterocycles. The maximum Gasteiger partial charge on any atom is 0.246 e. The minimum atomic E-state index is -0.172. The van der Waals surface area contributed by atoms with Gasteiger partial charge in [-0.05, 0) is 48.0 Å². The summed E-state index contributed by atoms with van der Waals surface area (Å²) in [5.74, 6) is 1.40. The minimum Gasteiger partial charge on any atom is -0.497 e. The normalized spacial score (nSPS) is 10.9. The number of benzene rings is 2. The van der Waals surface area contributed by atoms with E-state index in [1.165, 1.54) is 11.0 Å². The Morgan fingerprint density at radius 2 is 1.89 bits per heavy atom. The first-order chi connectivity index (χ1) is 13.0. The number of hydrogen-bond donors (Lipinski definition) is 0. The van der Waals surface area contributed by atoms with Crippen LogP contribution in [0.25, 0.3) is 17.5 Å². The second-order valence-corrected chi connectivity index (χ2v) is 6.26. The molecule has 0 saturated carbocycles. The minimum absolute atomic E-state index is 0.172. The highest BCUT2D eigenvalue weighted by molar-refractivity contribution is 6.30. The van der Waals surface area contributed by atoms with Gasteiger partial charge in [0, 0.05) is 23.7 Å². The second-order valence-electron chi connectivity index (χ2n) is 5.82. The Labute approximate surface area is 162 Å². The molecule has 0 radical (unpaired) electrons. The van der Waals surface area contributed by atoms with Crippen LogP contribution in [-0.2, 0) is 11.3 Å². The first kappa shape index (κ1) is 18.7. The Hall–Kier alpha value is -3.12. The lowest BCUT2D eigenvalue weighted by molar-refractivity contribution is -0.125. The van der Waals surface area contributed by atoms with E-state index in [0.717, 1.165) is 16.9 Å². The zero-order valence-electron chi connectivity index (χ0n) is 14.9. The molecule has 138 valence electrons. The number of carbonyl (C=O) groups is 1. The molecule has 1 heterocycles. The Bertz CT molecular complexity index is 934. The van der Waals surface area contributed by atoms with Crippen LogP contribution in [0.15, 0.2) is 59.1 Å². The molecule has 3 rings (SSSR count). The van der Waals surface area contributed by atoms with E-state index in [4.69, 9.17) is 20.9 Å². The number of likely N-dealkylation sites (N-methyl/N-ethyl adjacent to an activating group) is 1. The summed E-state index contributed by atoms with van der Waals surface area (Å²) in [4.78, 5) is 18.1. The van der Waals surface area contributed by atoms with Gasteiger partial charge in [0.15, 0.2) is 0 Å². The molecule has 0 bridgehead atoms. The van der Waals surface area contributed by atoms with E-state index in [1.807, 2.05) is 36.4 Å². The first-order valence-electron chi connectivity index (χ1n) is 8.21. The summed E-state index contributed by atoms with van der Waals surface area (Å²) in [5.41, 5.74) is 1.70. The predicted molar refractivity (Wildman–Crippen MR) is 103 cm³/mol. The molecule has 2 aromatic carbocycles. The van der Waals surface area contributed by atoms with Gasteiger partial charge in [0.25, 0.3) is 0 Å². The number of nitrogens with zero attached hydrogens (tertiary/aromatic N) is 3. The quantitative estimate of drug-likeness (QED) is 0.600. The van der Waals surface area contributed by atoms with Gasteiger partial charge >= 0.3 is 0 Å². The van der Waals surface area contributed by atoms with Crippen molar-refractivity contribution in [1.82, 2.24) is 15.0 Å². The highest BCUT2D eigenvalue weighted by Crippen LogP contribution is 2.20. The molecule has 1 aromatic heterocycles. The molecule has 0 spiro atoms. The molecule has 3 aromatic rings. The van der Waals surface area contributed by atoms with Crippen molar-refractivity contribution in [1.29, 1.82) is 0 Å². The number of aromatic nitrogens is 2. The van der Waals surface area contributed by atoms with Gasteiger partial charge in [0.2, 0.25) is 17.6 Å². The van der Waals surface area contributed by atoms with Crippen molar-refractivity contribution in [2.75, 3.05) is 14.2 Å². The Kier molecular flexibility index (Phi) is 5.88. The maximum atomic E-state index is 12.2. The van der Waals surface area contributed by atoms with E-state index in [2.05, 4.69) is 10.1 Å². The molecule has 6 nitrogen and oxygen atoms in total. The van der Waals surface area contributed by atoms with Crippen molar-refractivity contribution >= 4 is 23.6 Å². The lowest BCUT2D eigenvalue weighted by Gasteiger charge is -2.11. The molecular formula is C20H18ClN3O3. The van der Waals surface area contributed by atoms with Crippen LogP contribution in [0, 0.1) is 0 Å². The summed E-state index contributed by atoms with van der Waals surface area (Å²) in [6.45, 7) is 0.215. The Balaban J connectivity index is 1.61. The third-order valence-electron chi connectivity index (χ3n) is 3.85. The number of hydrogen-bond acceptors (Lipinski definition) is 5. The van der Waals surface area contributed by atoms with Crippen molar-refractivity contribution in [3.63, 3.8) is 0 Å². The largest absolute Gasteiger partial charge is 0.497 e. The van der Waals surface area contributed by atoms with E-state index < -0.39 is 0 Å². The van der Waals surface area contributed by atoms with E-state index >= 15 is 0 Å². The summed E-state index contributed by atoms with van der Waals surface area (Å²) >= 11 is 5.85. The van der Waals surface area contributed by atoms with Gasteiger partial charge in [0.05, 0.1) is 13.7 Å². The number of amides is 1. The fourth-order valence-electron chi connectivity index (χ4n) is 2.33. The second kappa shape index (κ2) is 8.51. The predicted octanol–water partition coefficient (Wildman–Crippen LogP) is 4.07. The number of halogens is 1. The SMILES string of the molecule is COc1ccc(-c2noc(CN(C)C(=O)/C=C/c3ccc(Cl)cc3)n2)cc1. The molecule has 0 aliphatic carbocycles. The molecular weight excluding hydrogens is 366 g/mol. The molecule has 27 heavy (non-hydrogen) atoms. The van der Waals surface area contributed by atoms with E-state index in [1.54, 1.807) is 32.4 Å². The third kappa shape index (κ3) is 4.95. The molecule has 0 atom stereocenters. The average Bonchev–Trinajstić information content (AvgIpc) is 3.15. The number of methoxy groups -OCH3 is 1. The van der Waals surface area contributed by atoms with E-state index in [0.29, 0.717) is 16.7 Å². The van der Waals surface area contributed by atoms with Crippen LogP contribution in [-0.4, -0.2) is 35.1 Å². The molecule has 7 heteroatoms. The molecule has 0 saturated heterocycles. The van der Waals surface area contributed by atoms with Crippen molar-refractivity contribution in [2.24, 2.45) is 0 Å². The van der Waals surface area contributed by atoms with E-state index in [9.17, 15) is 4.79 Å². The average molecular weight is 384 g/mol. The molecule has 0 fully saturated rings. The molecule has 0 aliphatic rings. The van der Waals surface area contributed by atoms with Crippen LogP contribution in [0.3, 0.4) is 0 Å². The topological polar surface area (TPSA) is 68.5 Å². The summed E-state index contributed by atoms with van der Waals surface area (Å²) < 4.78 is 10.4. The fourth-order valence-corrected chi connectivity index (χ4v) is 2.45. The zero-order chi connectivity index (χ0) is 19.2. The molecule has 0 unspecified atom stereocenters. The lowest BCUT2D eigenvalue weighted by Crippen LogP contribution is -2.24. The summed E-state index contributed by atoms with van der Waals surface area (Å²) in [6, 6.07) is 14.6. The van der Waals surface area contributed by atoms with Gasteiger partial charge in [-0.2, -0.15) is 4.98 Å². The highest BCUT2D eigenvalue weighted by atomic mass is 35.5. The van der Waals surface area contributed by atoms with Gasteiger partial charge in [-0.25, -0.2) is 0 Å². The van der Waals surface area contributed by atoms with Crippen molar-refractivity contribution in [2.45, 2.75) is 6.54 Å². The number of ether oxygens (including phenoxy) is 1. The van der Waals surface area contributed by atoms with Crippen molar-refractivity contribution < 1.29 is 14.1 Å². The van der Waals surface area contributed by atoms with Crippen LogP contribution in [0.2, 0.25) is 5.02 Å². The van der Waals surface area contributed by atoms with Crippen LogP contribution in [0.1, 0.15) is 11.5 Å². The zero-order valence-corrected chi connectivity index (χ0v) is 15.7. The Morgan fingerprint density at radius 1 is 1.19 bits per heavy atom. The number of carbonyl (C=O) groups excluding carboxylic acids is 1. The van der Waals surface area contributed by atoms with Crippen LogP contribution < -0.4 is 4.74 Å². The van der Waals surface area contributed by atoms with Crippen LogP contribution in [0.4, 0.5) is 0 Å². The summed E-state index contributed by atoms with van der Waals surface area (Å²) in [7, 11) is 3.28. The standard InChI is InChI=1S/C20H18ClN3O3/c1-24(19(25)12-5-14-3-8-16(21)9-4-14)13-18-22-20(23-27-18)15-6-10-17(26-2)11-7-15/h3-12H,13H2,1-2H3/b12-5+. The van der Waals surface area contributed by atoms with Crippen LogP contribution >= 0.6 is 11.6 Å². The third-order valence-corrected chi connectivity index (χ3v) is 4.11. The van der Waals surface area contributed by atoms with Gasteiger partial charge in [-0.1, -0.05) is 28.9 Å². The van der Waals surface area contributed by atoms with E-state index in [-0.39, 0.29) is 12.5 Å². The van der Waals surface area contributed by atoms with Gasteiger partial charge in [-0.3, -0.25) is 4.79 Å². The maximum absolute atomic E-state index is 12.2. The fraction of sp³-hybridized carbons (Fsp3) is 0.150. The molecule has 0 N–H and O–H groups in total.